The molecule has 0 atom stereocenters. The minimum absolute atomic E-state index is 0. The standard InChI is InChI=1S/C21H24ClN3O.2ClH/c22-15-3-4-18-16(11-15)17(12-19(24-18)14-1-2-14)20(26)25-9-6-21(7-10-25)5-8-23-13-21;;/h3-4,11-12,14,23H,1-2,5-10,13H2;2*1H. The number of carbonyl (C=O) groups excluding carboxylic acids is 1. The Balaban J connectivity index is 0.00000112. The monoisotopic (exact) mass is 441 g/mol. The summed E-state index contributed by atoms with van der Waals surface area (Å²) < 4.78 is 0. The molecule has 28 heavy (non-hydrogen) atoms. The summed E-state index contributed by atoms with van der Waals surface area (Å²) in [5, 5.41) is 5.03. The van der Waals surface area contributed by atoms with Crippen LogP contribution in [0.25, 0.3) is 10.9 Å². The van der Waals surface area contributed by atoms with Crippen molar-refractivity contribution in [3.05, 3.63) is 40.5 Å². The van der Waals surface area contributed by atoms with Gasteiger partial charge in [-0.15, -0.1) is 24.8 Å². The van der Waals surface area contributed by atoms with Crippen molar-refractivity contribution in [2.45, 2.75) is 38.0 Å². The molecule has 1 aromatic heterocycles. The number of fused-ring (bicyclic) bond motifs is 1. The molecular weight excluding hydrogens is 417 g/mol. The van der Waals surface area contributed by atoms with Crippen molar-refractivity contribution in [3.63, 3.8) is 0 Å². The summed E-state index contributed by atoms with van der Waals surface area (Å²) in [6, 6.07) is 7.72. The summed E-state index contributed by atoms with van der Waals surface area (Å²) in [7, 11) is 0. The molecule has 3 aliphatic rings. The van der Waals surface area contributed by atoms with E-state index in [9.17, 15) is 4.79 Å². The molecule has 1 amide bonds. The zero-order valence-electron chi connectivity index (χ0n) is 15.7. The van der Waals surface area contributed by atoms with Gasteiger partial charge in [-0.3, -0.25) is 9.78 Å². The van der Waals surface area contributed by atoms with Gasteiger partial charge in [0.2, 0.25) is 0 Å². The fourth-order valence-corrected chi connectivity index (χ4v) is 4.73. The number of aromatic nitrogens is 1. The maximum atomic E-state index is 13.4. The van der Waals surface area contributed by atoms with Crippen LogP contribution in [0, 0.1) is 5.41 Å². The molecule has 1 aromatic carbocycles. The largest absolute Gasteiger partial charge is 0.339 e. The Morgan fingerprint density at radius 2 is 1.89 bits per heavy atom. The molecule has 1 aliphatic carbocycles. The van der Waals surface area contributed by atoms with Crippen molar-refractivity contribution >= 4 is 53.2 Å². The zero-order chi connectivity index (χ0) is 17.7. The van der Waals surface area contributed by atoms with Crippen LogP contribution in [-0.4, -0.2) is 42.0 Å². The van der Waals surface area contributed by atoms with Crippen molar-refractivity contribution in [2.24, 2.45) is 5.41 Å². The number of nitrogens with one attached hydrogen (secondary N) is 1. The maximum Gasteiger partial charge on any atom is 0.254 e. The van der Waals surface area contributed by atoms with Crippen LogP contribution in [0.2, 0.25) is 5.02 Å². The third-order valence-electron chi connectivity index (χ3n) is 6.46. The summed E-state index contributed by atoms with van der Waals surface area (Å²) in [6.07, 6.45) is 5.81. The van der Waals surface area contributed by atoms with Gasteiger partial charge in [0.15, 0.2) is 0 Å². The first kappa shape index (κ1) is 21.6. The van der Waals surface area contributed by atoms with Gasteiger partial charge in [0.25, 0.3) is 5.91 Å². The van der Waals surface area contributed by atoms with Gasteiger partial charge in [0.05, 0.1) is 11.1 Å². The third kappa shape index (κ3) is 3.97. The Hall–Kier alpha value is -1.07. The molecule has 2 aromatic rings. The molecule has 1 spiro atoms. The molecule has 3 heterocycles. The molecule has 0 radical (unpaired) electrons. The van der Waals surface area contributed by atoms with Gasteiger partial charge >= 0.3 is 0 Å². The molecule has 7 heteroatoms. The topological polar surface area (TPSA) is 45.2 Å². The predicted molar refractivity (Wildman–Crippen MR) is 118 cm³/mol. The van der Waals surface area contributed by atoms with Crippen LogP contribution in [0.5, 0.6) is 0 Å². The molecular formula is C21H26Cl3N3O. The average molecular weight is 443 g/mol. The molecule has 1 saturated carbocycles. The number of amides is 1. The Kier molecular flexibility index (Phi) is 6.45. The van der Waals surface area contributed by atoms with Crippen LogP contribution in [0.15, 0.2) is 24.3 Å². The number of hydrogen-bond donors (Lipinski definition) is 1. The first-order chi connectivity index (χ1) is 12.6. The highest BCUT2D eigenvalue weighted by Crippen LogP contribution is 2.41. The molecule has 2 saturated heterocycles. The first-order valence-electron chi connectivity index (χ1n) is 9.74. The van der Waals surface area contributed by atoms with Crippen LogP contribution in [-0.2, 0) is 0 Å². The summed E-state index contributed by atoms with van der Waals surface area (Å²) in [6.45, 7) is 3.92. The maximum absolute atomic E-state index is 13.4. The van der Waals surface area contributed by atoms with E-state index in [1.807, 2.05) is 29.2 Å². The Morgan fingerprint density at radius 1 is 1.14 bits per heavy atom. The van der Waals surface area contributed by atoms with Gasteiger partial charge in [0.1, 0.15) is 0 Å². The van der Waals surface area contributed by atoms with Gasteiger partial charge in [-0.1, -0.05) is 11.6 Å². The second-order valence-corrected chi connectivity index (χ2v) is 8.69. The van der Waals surface area contributed by atoms with Crippen LogP contribution in [0.3, 0.4) is 0 Å². The minimum Gasteiger partial charge on any atom is -0.339 e. The highest BCUT2D eigenvalue weighted by molar-refractivity contribution is 6.31. The molecule has 5 rings (SSSR count). The Bertz CT molecular complexity index is 869. The van der Waals surface area contributed by atoms with Gasteiger partial charge in [-0.2, -0.15) is 0 Å². The molecule has 0 unspecified atom stereocenters. The second kappa shape index (κ2) is 8.35. The molecule has 3 fully saturated rings. The van der Waals surface area contributed by atoms with E-state index in [4.69, 9.17) is 16.6 Å². The van der Waals surface area contributed by atoms with Crippen LogP contribution >= 0.6 is 36.4 Å². The van der Waals surface area contributed by atoms with E-state index in [2.05, 4.69) is 5.32 Å². The first-order valence-corrected chi connectivity index (χ1v) is 10.1. The lowest BCUT2D eigenvalue weighted by atomic mass is 9.77. The van der Waals surface area contributed by atoms with E-state index in [-0.39, 0.29) is 30.7 Å². The van der Waals surface area contributed by atoms with Gasteiger partial charge in [-0.05, 0) is 68.3 Å². The van der Waals surface area contributed by atoms with Crippen molar-refractivity contribution in [2.75, 3.05) is 26.2 Å². The molecule has 152 valence electrons. The number of pyridine rings is 1. The average Bonchev–Trinajstić information content (AvgIpc) is 3.42. The fraction of sp³-hybridized carbons (Fsp3) is 0.524. The van der Waals surface area contributed by atoms with Gasteiger partial charge in [0, 0.05) is 41.7 Å². The number of nitrogens with zero attached hydrogens (tertiary/aromatic N) is 2. The smallest absolute Gasteiger partial charge is 0.254 e. The SMILES string of the molecule is Cl.Cl.O=C(c1cc(C2CC2)nc2ccc(Cl)cc12)N1CCC2(CCNC2)CC1. The number of piperidine rings is 1. The van der Waals surface area contributed by atoms with Crippen LogP contribution in [0.4, 0.5) is 0 Å². The summed E-state index contributed by atoms with van der Waals surface area (Å²) in [4.78, 5) is 20.2. The molecule has 4 nitrogen and oxygen atoms in total. The number of hydrogen-bond acceptors (Lipinski definition) is 3. The van der Waals surface area contributed by atoms with E-state index >= 15 is 0 Å². The number of halogens is 3. The number of benzene rings is 1. The Labute approximate surface area is 183 Å². The third-order valence-corrected chi connectivity index (χ3v) is 6.70. The van der Waals surface area contributed by atoms with Crippen molar-refractivity contribution in [3.8, 4) is 0 Å². The zero-order valence-corrected chi connectivity index (χ0v) is 18.1. The number of carbonyl (C=O) groups is 1. The van der Waals surface area contributed by atoms with Crippen molar-refractivity contribution in [1.29, 1.82) is 0 Å². The molecule has 2 aliphatic heterocycles. The van der Waals surface area contributed by atoms with Crippen LogP contribution < -0.4 is 5.32 Å². The normalized spacial score (nSPS) is 20.7. The van der Waals surface area contributed by atoms with E-state index in [0.29, 0.717) is 16.4 Å². The highest BCUT2D eigenvalue weighted by atomic mass is 35.5. The predicted octanol–water partition coefficient (Wildman–Crippen LogP) is 4.82. The number of rotatable bonds is 2. The summed E-state index contributed by atoms with van der Waals surface area (Å²) in [5.74, 6) is 0.665. The molecule has 1 N–H and O–H groups in total. The Morgan fingerprint density at radius 3 is 2.54 bits per heavy atom. The van der Waals surface area contributed by atoms with E-state index in [0.717, 1.165) is 61.2 Å². The van der Waals surface area contributed by atoms with E-state index < -0.39 is 0 Å². The quantitative estimate of drug-likeness (QED) is 0.725. The van der Waals surface area contributed by atoms with Crippen molar-refractivity contribution < 1.29 is 4.79 Å². The van der Waals surface area contributed by atoms with Crippen molar-refractivity contribution in [1.82, 2.24) is 15.2 Å². The lowest BCUT2D eigenvalue weighted by Crippen LogP contribution is -2.44. The van der Waals surface area contributed by atoms with Crippen LogP contribution in [0.1, 0.15) is 54.1 Å². The summed E-state index contributed by atoms with van der Waals surface area (Å²) >= 11 is 6.22. The highest BCUT2D eigenvalue weighted by Gasteiger charge is 2.38. The van der Waals surface area contributed by atoms with Gasteiger partial charge in [-0.25, -0.2) is 0 Å². The fourth-order valence-electron chi connectivity index (χ4n) is 4.56. The summed E-state index contributed by atoms with van der Waals surface area (Å²) in [5.41, 5.74) is 3.15. The second-order valence-electron chi connectivity index (χ2n) is 8.25. The molecule has 0 bridgehead atoms. The minimum atomic E-state index is 0. The van der Waals surface area contributed by atoms with E-state index in [1.54, 1.807) is 0 Å². The number of likely N-dealkylation sites (tertiary alicyclic amines) is 1. The lowest BCUT2D eigenvalue weighted by Gasteiger charge is -2.39. The van der Waals surface area contributed by atoms with E-state index in [1.165, 1.54) is 19.3 Å². The van der Waals surface area contributed by atoms with Gasteiger partial charge < -0.3 is 10.2 Å². The lowest BCUT2D eigenvalue weighted by molar-refractivity contribution is 0.0609.